The minimum atomic E-state index is -0.180. The molecule has 6 nitrogen and oxygen atoms in total. The minimum Gasteiger partial charge on any atom is -0.372 e. The predicted molar refractivity (Wildman–Crippen MR) is 97.2 cm³/mol. The Bertz CT molecular complexity index is 807. The lowest BCUT2D eigenvalue weighted by Crippen LogP contribution is -2.40. The number of aromatic nitrogens is 2. The smallest absolute Gasteiger partial charge is 0.258 e. The van der Waals surface area contributed by atoms with Gasteiger partial charge < -0.3 is 15.4 Å². The number of nitrogens with zero attached hydrogens (tertiary/aromatic N) is 2. The maximum Gasteiger partial charge on any atom is 0.258 e. The summed E-state index contributed by atoms with van der Waals surface area (Å²) in [6.45, 7) is 1.74. The van der Waals surface area contributed by atoms with Crippen LogP contribution in [0.1, 0.15) is 46.9 Å². The SMILES string of the molecule is O=C(Nc1ccc(C[C@]23CN[C@H](CO2)C3)cc1)c1cnc(C2CC2)nc1. The summed E-state index contributed by atoms with van der Waals surface area (Å²) in [6, 6.07) is 8.52. The van der Waals surface area contributed by atoms with E-state index in [4.69, 9.17) is 4.74 Å². The van der Waals surface area contributed by atoms with Crippen molar-refractivity contribution in [2.24, 2.45) is 0 Å². The molecular formula is C20H22N4O2. The Balaban J connectivity index is 1.22. The fourth-order valence-corrected chi connectivity index (χ4v) is 3.90. The van der Waals surface area contributed by atoms with Crippen LogP contribution in [0, 0.1) is 0 Å². The van der Waals surface area contributed by atoms with Crippen LogP contribution in [0.3, 0.4) is 0 Å². The van der Waals surface area contributed by atoms with Gasteiger partial charge in [0.1, 0.15) is 5.82 Å². The van der Waals surface area contributed by atoms with Crippen molar-refractivity contribution in [1.29, 1.82) is 0 Å². The highest BCUT2D eigenvalue weighted by Gasteiger charge is 2.45. The maximum atomic E-state index is 12.4. The van der Waals surface area contributed by atoms with Gasteiger partial charge in [-0.05, 0) is 37.0 Å². The molecule has 2 aromatic rings. The van der Waals surface area contributed by atoms with E-state index >= 15 is 0 Å². The van der Waals surface area contributed by atoms with E-state index in [1.807, 2.05) is 12.1 Å². The number of anilines is 1. The summed E-state index contributed by atoms with van der Waals surface area (Å²) >= 11 is 0. The van der Waals surface area contributed by atoms with Crippen molar-refractivity contribution in [2.45, 2.75) is 43.2 Å². The molecule has 0 unspecified atom stereocenters. The number of hydrogen-bond acceptors (Lipinski definition) is 5. The lowest BCUT2D eigenvalue weighted by molar-refractivity contribution is -0.00521. The van der Waals surface area contributed by atoms with Gasteiger partial charge in [-0.2, -0.15) is 0 Å². The first-order chi connectivity index (χ1) is 12.7. The molecule has 3 aliphatic rings. The Morgan fingerprint density at radius 1 is 1.23 bits per heavy atom. The van der Waals surface area contributed by atoms with Crippen LogP contribution in [-0.4, -0.2) is 40.7 Å². The molecular weight excluding hydrogens is 328 g/mol. The molecule has 1 amide bonds. The average molecular weight is 350 g/mol. The van der Waals surface area contributed by atoms with E-state index in [-0.39, 0.29) is 11.5 Å². The second-order valence-electron chi connectivity index (χ2n) is 7.71. The molecule has 0 radical (unpaired) electrons. The van der Waals surface area contributed by atoms with Crippen LogP contribution >= 0.6 is 0 Å². The van der Waals surface area contributed by atoms with Crippen molar-refractivity contribution in [3.05, 3.63) is 53.6 Å². The Kier molecular flexibility index (Phi) is 3.76. The van der Waals surface area contributed by atoms with Crippen molar-refractivity contribution in [3.63, 3.8) is 0 Å². The molecule has 1 aromatic carbocycles. The van der Waals surface area contributed by atoms with Crippen molar-refractivity contribution in [3.8, 4) is 0 Å². The highest BCUT2D eigenvalue weighted by atomic mass is 16.5. The number of carbonyl (C=O) groups excluding carboxylic acids is 1. The fraction of sp³-hybridized carbons (Fsp3) is 0.450. The summed E-state index contributed by atoms with van der Waals surface area (Å²) in [6.07, 6.45) is 7.53. The van der Waals surface area contributed by atoms with E-state index in [2.05, 4.69) is 32.7 Å². The summed E-state index contributed by atoms with van der Waals surface area (Å²) in [7, 11) is 0. The van der Waals surface area contributed by atoms with Gasteiger partial charge in [-0.3, -0.25) is 4.79 Å². The molecule has 26 heavy (non-hydrogen) atoms. The zero-order chi connectivity index (χ0) is 17.6. The number of fused-ring (bicyclic) bond motifs is 2. The van der Waals surface area contributed by atoms with E-state index in [0.29, 0.717) is 17.5 Å². The highest BCUT2D eigenvalue weighted by molar-refractivity contribution is 6.03. The number of morpholine rings is 1. The number of rotatable bonds is 5. The standard InChI is InChI=1S/C20H22N4O2/c25-19(15-9-21-18(22-10-15)14-3-4-14)24-16-5-1-13(2-6-16)7-20-8-17(11-26-20)23-12-20/h1-2,5-6,9-10,14,17,23H,3-4,7-8,11-12H2,(H,24,25)/t17-,20-/m0/s1. The third kappa shape index (κ3) is 3.10. The average Bonchev–Trinajstić information content (AvgIpc) is 3.35. The number of amides is 1. The summed E-state index contributed by atoms with van der Waals surface area (Å²) in [5.41, 5.74) is 2.44. The molecule has 6 heteroatoms. The fourth-order valence-electron chi connectivity index (χ4n) is 3.90. The van der Waals surface area contributed by atoms with E-state index in [9.17, 15) is 4.79 Å². The topological polar surface area (TPSA) is 76.1 Å². The molecule has 3 fully saturated rings. The Hall–Kier alpha value is -2.31. The van der Waals surface area contributed by atoms with Gasteiger partial charge in [-0.1, -0.05) is 12.1 Å². The normalized spacial score (nSPS) is 26.8. The maximum absolute atomic E-state index is 12.4. The Labute approximate surface area is 152 Å². The third-order valence-electron chi connectivity index (χ3n) is 5.54. The Morgan fingerprint density at radius 3 is 2.58 bits per heavy atom. The molecule has 3 heterocycles. The van der Waals surface area contributed by atoms with Crippen molar-refractivity contribution >= 4 is 11.6 Å². The van der Waals surface area contributed by atoms with Gasteiger partial charge in [-0.15, -0.1) is 0 Å². The zero-order valence-corrected chi connectivity index (χ0v) is 14.6. The summed E-state index contributed by atoms with van der Waals surface area (Å²) in [4.78, 5) is 21.0. The molecule has 0 spiro atoms. The molecule has 5 rings (SSSR count). The predicted octanol–water partition coefficient (Wildman–Crippen LogP) is 2.28. The molecule has 2 atom stereocenters. The molecule has 1 aliphatic carbocycles. The second kappa shape index (κ2) is 6.14. The molecule has 2 aliphatic heterocycles. The quantitative estimate of drug-likeness (QED) is 0.865. The van der Waals surface area contributed by atoms with Gasteiger partial charge in [0.05, 0.1) is 17.8 Å². The van der Waals surface area contributed by atoms with Crippen LogP contribution < -0.4 is 10.6 Å². The number of nitrogens with one attached hydrogen (secondary N) is 2. The molecule has 1 saturated carbocycles. The van der Waals surface area contributed by atoms with Crippen LogP contribution in [-0.2, 0) is 11.2 Å². The largest absolute Gasteiger partial charge is 0.372 e. The number of benzene rings is 1. The first-order valence-electron chi connectivity index (χ1n) is 9.29. The summed E-state index contributed by atoms with van der Waals surface area (Å²) < 4.78 is 5.98. The third-order valence-corrected chi connectivity index (χ3v) is 5.54. The number of carbonyl (C=O) groups is 1. The van der Waals surface area contributed by atoms with Gasteiger partial charge in [0.15, 0.2) is 0 Å². The molecule has 1 aromatic heterocycles. The summed E-state index contributed by atoms with van der Waals surface area (Å²) in [5, 5.41) is 6.41. The lowest BCUT2D eigenvalue weighted by Gasteiger charge is -2.26. The van der Waals surface area contributed by atoms with Crippen LogP contribution in [0.15, 0.2) is 36.7 Å². The number of hydrogen-bond donors (Lipinski definition) is 2. The van der Waals surface area contributed by atoms with Crippen molar-refractivity contribution in [2.75, 3.05) is 18.5 Å². The lowest BCUT2D eigenvalue weighted by atomic mass is 9.93. The second-order valence-corrected chi connectivity index (χ2v) is 7.71. The van der Waals surface area contributed by atoms with E-state index in [1.165, 1.54) is 5.56 Å². The molecule has 2 bridgehead atoms. The van der Waals surface area contributed by atoms with Crippen LogP contribution in [0.4, 0.5) is 5.69 Å². The first-order valence-corrected chi connectivity index (χ1v) is 9.29. The van der Waals surface area contributed by atoms with E-state index in [1.54, 1.807) is 12.4 Å². The van der Waals surface area contributed by atoms with Crippen LogP contribution in [0.25, 0.3) is 0 Å². The van der Waals surface area contributed by atoms with Crippen LogP contribution in [0.5, 0.6) is 0 Å². The van der Waals surface area contributed by atoms with Gasteiger partial charge in [0, 0.05) is 43.0 Å². The van der Waals surface area contributed by atoms with Gasteiger partial charge in [0.25, 0.3) is 5.91 Å². The first kappa shape index (κ1) is 15.9. The van der Waals surface area contributed by atoms with Gasteiger partial charge >= 0.3 is 0 Å². The zero-order valence-electron chi connectivity index (χ0n) is 14.6. The minimum absolute atomic E-state index is 0.0456. The highest BCUT2D eigenvalue weighted by Crippen LogP contribution is 2.37. The van der Waals surface area contributed by atoms with Crippen LogP contribution in [0.2, 0.25) is 0 Å². The van der Waals surface area contributed by atoms with Crippen molar-refractivity contribution < 1.29 is 9.53 Å². The van der Waals surface area contributed by atoms with Gasteiger partial charge in [-0.25, -0.2) is 9.97 Å². The monoisotopic (exact) mass is 350 g/mol. The number of ether oxygens (including phenoxy) is 1. The molecule has 134 valence electrons. The summed E-state index contributed by atoms with van der Waals surface area (Å²) in [5.74, 6) is 1.16. The van der Waals surface area contributed by atoms with E-state index < -0.39 is 0 Å². The van der Waals surface area contributed by atoms with E-state index in [0.717, 1.165) is 50.3 Å². The van der Waals surface area contributed by atoms with Gasteiger partial charge in [0.2, 0.25) is 0 Å². The molecule has 2 saturated heterocycles. The Morgan fingerprint density at radius 2 is 2.00 bits per heavy atom. The van der Waals surface area contributed by atoms with Crippen molar-refractivity contribution in [1.82, 2.24) is 15.3 Å². The molecule has 2 N–H and O–H groups in total.